The van der Waals surface area contributed by atoms with Crippen molar-refractivity contribution in [3.63, 3.8) is 0 Å². The van der Waals surface area contributed by atoms with Gasteiger partial charge in [-0.25, -0.2) is 13.2 Å². The third-order valence-electron chi connectivity index (χ3n) is 3.08. The van der Waals surface area contributed by atoms with Crippen LogP contribution in [-0.4, -0.2) is 11.5 Å². The van der Waals surface area contributed by atoms with E-state index in [0.29, 0.717) is 11.6 Å². The van der Waals surface area contributed by atoms with Gasteiger partial charge < -0.3 is 10.1 Å². The molecule has 2 aromatic rings. The third kappa shape index (κ3) is 3.48. The summed E-state index contributed by atoms with van der Waals surface area (Å²) in [6.07, 6.45) is 1.29. The Bertz CT molecular complexity index is 810. The van der Waals surface area contributed by atoms with Crippen LogP contribution in [0, 0.1) is 34.5 Å². The van der Waals surface area contributed by atoms with E-state index in [9.17, 15) is 23.3 Å². The van der Waals surface area contributed by atoms with Gasteiger partial charge in [-0.15, -0.1) is 0 Å². The van der Waals surface area contributed by atoms with Crippen LogP contribution in [0.3, 0.4) is 0 Å². The topological polar surface area (TPSA) is 64.4 Å². The molecule has 0 aliphatic heterocycles. The smallest absolute Gasteiger partial charge is 0.337 e. The van der Waals surface area contributed by atoms with Crippen molar-refractivity contribution in [1.82, 2.24) is 0 Å². The van der Waals surface area contributed by atoms with Crippen LogP contribution in [0.5, 0.6) is 5.75 Å². The summed E-state index contributed by atoms with van der Waals surface area (Å²) in [6.45, 7) is 4.86. The van der Waals surface area contributed by atoms with Crippen LogP contribution < -0.4 is 10.1 Å². The number of benzene rings is 2. The highest BCUT2D eigenvalue weighted by Gasteiger charge is 2.29. The van der Waals surface area contributed by atoms with Crippen LogP contribution in [0.15, 0.2) is 36.9 Å². The number of hydrogen-bond acceptors (Lipinski definition) is 4. The van der Waals surface area contributed by atoms with Crippen LogP contribution in [0.2, 0.25) is 0 Å². The second-order valence-corrected chi connectivity index (χ2v) is 4.86. The van der Waals surface area contributed by atoms with Gasteiger partial charge in [0.15, 0.2) is 17.3 Å². The number of rotatable bonds is 6. The molecule has 0 fully saturated rings. The molecule has 8 heteroatoms. The maximum Gasteiger partial charge on any atom is 0.337 e. The molecule has 24 heavy (non-hydrogen) atoms. The maximum atomic E-state index is 14.1. The molecule has 2 aromatic carbocycles. The number of halogens is 3. The van der Waals surface area contributed by atoms with Crippen LogP contribution >= 0.6 is 0 Å². The molecule has 0 heterocycles. The van der Waals surface area contributed by atoms with Gasteiger partial charge in [-0.1, -0.05) is 18.7 Å². The molecule has 0 aliphatic carbocycles. The second kappa shape index (κ2) is 7.03. The monoisotopic (exact) mass is 338 g/mol. The molecule has 126 valence electrons. The van der Waals surface area contributed by atoms with E-state index in [4.69, 9.17) is 4.74 Å². The fourth-order valence-electron chi connectivity index (χ4n) is 2.00. The highest BCUT2D eigenvalue weighted by atomic mass is 19.2. The van der Waals surface area contributed by atoms with E-state index in [1.165, 1.54) is 18.2 Å². The summed E-state index contributed by atoms with van der Waals surface area (Å²) in [7, 11) is 0. The van der Waals surface area contributed by atoms with Gasteiger partial charge in [0.1, 0.15) is 12.4 Å². The van der Waals surface area contributed by atoms with Crippen molar-refractivity contribution in [3.05, 3.63) is 70.0 Å². The van der Waals surface area contributed by atoms with Crippen LogP contribution in [0.1, 0.15) is 5.56 Å². The molecule has 0 amide bonds. The summed E-state index contributed by atoms with van der Waals surface area (Å²) in [5.74, 6) is -4.13. The highest BCUT2D eigenvalue weighted by molar-refractivity contribution is 5.75. The Morgan fingerprint density at radius 3 is 2.58 bits per heavy atom. The summed E-state index contributed by atoms with van der Waals surface area (Å²) in [4.78, 5) is 10.3. The minimum Gasteiger partial charge on any atom is -0.482 e. The van der Waals surface area contributed by atoms with E-state index in [1.54, 1.807) is 6.92 Å². The van der Waals surface area contributed by atoms with Crippen molar-refractivity contribution in [2.45, 2.75) is 6.92 Å². The Balaban J connectivity index is 2.59. The van der Waals surface area contributed by atoms with Crippen LogP contribution in [0.25, 0.3) is 0 Å². The first-order valence-corrected chi connectivity index (χ1v) is 6.78. The van der Waals surface area contributed by atoms with Gasteiger partial charge in [-0.05, 0) is 24.6 Å². The van der Waals surface area contributed by atoms with Crippen molar-refractivity contribution in [2.24, 2.45) is 0 Å². The van der Waals surface area contributed by atoms with Gasteiger partial charge >= 0.3 is 5.69 Å². The molecule has 0 spiro atoms. The minimum atomic E-state index is -1.51. The quantitative estimate of drug-likeness (QED) is 0.474. The number of aryl methyl sites for hydroxylation is 1. The number of ether oxygens (including phenoxy) is 1. The lowest BCUT2D eigenvalue weighted by molar-refractivity contribution is -0.385. The van der Waals surface area contributed by atoms with Gasteiger partial charge in [0, 0.05) is 6.07 Å². The lowest BCUT2D eigenvalue weighted by atomic mass is 10.2. The molecule has 2 rings (SSSR count). The first-order chi connectivity index (χ1) is 11.3. The molecule has 0 atom stereocenters. The van der Waals surface area contributed by atoms with Crippen molar-refractivity contribution in [3.8, 4) is 5.75 Å². The lowest BCUT2D eigenvalue weighted by Gasteiger charge is -2.13. The van der Waals surface area contributed by atoms with Crippen LogP contribution in [-0.2, 0) is 0 Å². The summed E-state index contributed by atoms with van der Waals surface area (Å²) >= 11 is 0. The Labute approximate surface area is 135 Å². The van der Waals surface area contributed by atoms with E-state index >= 15 is 0 Å². The number of nitrogens with zero attached hydrogens (tertiary/aromatic N) is 1. The van der Waals surface area contributed by atoms with Gasteiger partial charge in [-0.2, -0.15) is 0 Å². The van der Waals surface area contributed by atoms with E-state index < -0.39 is 39.5 Å². The third-order valence-corrected chi connectivity index (χ3v) is 3.08. The fraction of sp³-hybridized carbons (Fsp3) is 0.125. The average molecular weight is 338 g/mol. The molecule has 0 aliphatic rings. The molecule has 0 aromatic heterocycles. The van der Waals surface area contributed by atoms with Gasteiger partial charge in [-0.3, -0.25) is 10.1 Å². The molecule has 0 bridgehead atoms. The molecule has 0 saturated carbocycles. The Hall–Kier alpha value is -3.03. The zero-order valence-electron chi connectivity index (χ0n) is 12.6. The summed E-state index contributed by atoms with van der Waals surface area (Å²) in [5.41, 5.74) is -1.29. The van der Waals surface area contributed by atoms with E-state index in [2.05, 4.69) is 11.9 Å². The van der Waals surface area contributed by atoms with E-state index in [1.807, 2.05) is 0 Å². The summed E-state index contributed by atoms with van der Waals surface area (Å²) < 4.78 is 46.7. The number of anilines is 2. The van der Waals surface area contributed by atoms with Gasteiger partial charge in [0.25, 0.3) is 0 Å². The number of nitrogens with one attached hydrogen (secondary N) is 1. The number of nitro groups is 1. The second-order valence-electron chi connectivity index (χ2n) is 4.86. The van der Waals surface area contributed by atoms with E-state index in [0.717, 1.165) is 6.07 Å². The van der Waals surface area contributed by atoms with Crippen molar-refractivity contribution < 1.29 is 22.8 Å². The minimum absolute atomic E-state index is 0.149. The molecule has 1 N–H and O–H groups in total. The van der Waals surface area contributed by atoms with E-state index in [-0.39, 0.29) is 12.3 Å². The Morgan fingerprint density at radius 1 is 1.29 bits per heavy atom. The standard InChI is InChI=1S/C16H13F3N2O3/c1-3-6-24-13-8-11(18)14(19)15(16(13)21(22)23)20-12-5-4-9(2)7-10(12)17/h3-5,7-8,20H,1,6H2,2H3. The summed E-state index contributed by atoms with van der Waals surface area (Å²) in [5, 5.41) is 13.5. The van der Waals surface area contributed by atoms with Gasteiger partial charge in [0.05, 0.1) is 10.6 Å². The molecule has 0 unspecified atom stereocenters. The molecule has 5 nitrogen and oxygen atoms in total. The summed E-state index contributed by atoms with van der Waals surface area (Å²) in [6, 6.07) is 4.50. The van der Waals surface area contributed by atoms with Crippen molar-refractivity contribution in [1.29, 1.82) is 0 Å². The van der Waals surface area contributed by atoms with Gasteiger partial charge in [0.2, 0.25) is 5.75 Å². The largest absolute Gasteiger partial charge is 0.482 e. The van der Waals surface area contributed by atoms with Crippen molar-refractivity contribution in [2.75, 3.05) is 11.9 Å². The first kappa shape index (κ1) is 17.3. The predicted octanol–water partition coefficient (Wildman–Crippen LogP) is 4.63. The molecule has 0 radical (unpaired) electrons. The SMILES string of the molecule is C=CCOc1cc(F)c(F)c(Nc2ccc(C)cc2F)c1[N+](=O)[O-]. The molecule has 0 saturated heterocycles. The molecular formula is C16H13F3N2O3. The fourth-order valence-corrected chi connectivity index (χ4v) is 2.00. The maximum absolute atomic E-state index is 14.1. The molecular weight excluding hydrogens is 325 g/mol. The van der Waals surface area contributed by atoms with Crippen LogP contribution in [0.4, 0.5) is 30.2 Å². The zero-order chi connectivity index (χ0) is 17.9. The average Bonchev–Trinajstić information content (AvgIpc) is 2.51. The Kier molecular flexibility index (Phi) is 5.08. The number of hydrogen-bond donors (Lipinski definition) is 1. The number of nitro benzene ring substituents is 1. The van der Waals surface area contributed by atoms with Crippen molar-refractivity contribution >= 4 is 17.1 Å². The zero-order valence-corrected chi connectivity index (χ0v) is 12.6. The first-order valence-electron chi connectivity index (χ1n) is 6.78. The lowest BCUT2D eigenvalue weighted by Crippen LogP contribution is -2.07. The predicted molar refractivity (Wildman–Crippen MR) is 83.1 cm³/mol. The Morgan fingerprint density at radius 2 is 2.00 bits per heavy atom. The normalized spacial score (nSPS) is 10.3. The highest BCUT2D eigenvalue weighted by Crippen LogP contribution is 2.40.